The fourth-order valence-corrected chi connectivity index (χ4v) is 1.90. The molecule has 8 nitrogen and oxygen atoms in total. The first-order valence-electron chi connectivity index (χ1n) is 5.80. The lowest BCUT2D eigenvalue weighted by molar-refractivity contribution is -0.385. The van der Waals surface area contributed by atoms with Gasteiger partial charge in [-0.25, -0.2) is 9.59 Å². The molecule has 1 aliphatic rings. The summed E-state index contributed by atoms with van der Waals surface area (Å²) in [5.41, 5.74) is 0.127. The molecule has 1 saturated heterocycles. The number of nitro benzene ring substituents is 1. The number of esters is 1. The molecular weight excluding hydrogens is 268 g/mol. The van der Waals surface area contributed by atoms with Crippen LogP contribution < -0.4 is 0 Å². The molecule has 20 heavy (non-hydrogen) atoms. The molecule has 0 radical (unpaired) electrons. The average molecular weight is 280 g/mol. The molecule has 0 spiro atoms. The van der Waals surface area contributed by atoms with E-state index in [0.29, 0.717) is 18.7 Å². The Kier molecular flexibility index (Phi) is 3.83. The Balaban J connectivity index is 2.29. The number of ether oxygens (including phenoxy) is 2. The van der Waals surface area contributed by atoms with Crippen molar-refractivity contribution in [1.29, 1.82) is 0 Å². The van der Waals surface area contributed by atoms with Crippen LogP contribution in [0.2, 0.25) is 0 Å². The highest BCUT2D eigenvalue weighted by Gasteiger charge is 2.25. The normalized spacial score (nSPS) is 14.1. The van der Waals surface area contributed by atoms with E-state index in [2.05, 4.69) is 4.74 Å². The fourth-order valence-electron chi connectivity index (χ4n) is 1.90. The van der Waals surface area contributed by atoms with E-state index < -0.39 is 17.0 Å². The van der Waals surface area contributed by atoms with E-state index >= 15 is 0 Å². The van der Waals surface area contributed by atoms with Crippen molar-refractivity contribution in [3.05, 3.63) is 39.4 Å². The summed E-state index contributed by atoms with van der Waals surface area (Å²) in [6, 6.07) is 4.08. The highest BCUT2D eigenvalue weighted by atomic mass is 16.6. The lowest BCUT2D eigenvalue weighted by Crippen LogP contribution is -2.23. The highest BCUT2D eigenvalue weighted by molar-refractivity contribution is 5.94. The lowest BCUT2D eigenvalue weighted by atomic mass is 10.1. The minimum Gasteiger partial charge on any atom is -0.465 e. The van der Waals surface area contributed by atoms with Crippen LogP contribution in [0, 0.1) is 10.1 Å². The molecule has 1 heterocycles. The summed E-state index contributed by atoms with van der Waals surface area (Å²) in [4.78, 5) is 34.6. The Morgan fingerprint density at radius 1 is 1.55 bits per heavy atom. The van der Waals surface area contributed by atoms with Gasteiger partial charge >= 0.3 is 12.1 Å². The molecule has 1 fully saturated rings. The van der Waals surface area contributed by atoms with E-state index in [4.69, 9.17) is 4.74 Å². The summed E-state index contributed by atoms with van der Waals surface area (Å²) in [5, 5.41) is 10.9. The monoisotopic (exact) mass is 280 g/mol. The molecule has 0 saturated carbocycles. The average Bonchev–Trinajstić information content (AvgIpc) is 2.83. The molecule has 1 aromatic rings. The van der Waals surface area contributed by atoms with Crippen LogP contribution in [0.5, 0.6) is 0 Å². The number of cyclic esters (lactones) is 1. The Morgan fingerprint density at radius 3 is 2.85 bits per heavy atom. The van der Waals surface area contributed by atoms with Crippen molar-refractivity contribution in [2.45, 2.75) is 6.54 Å². The van der Waals surface area contributed by atoms with E-state index in [-0.39, 0.29) is 17.8 Å². The van der Waals surface area contributed by atoms with Crippen molar-refractivity contribution < 1.29 is 24.0 Å². The van der Waals surface area contributed by atoms with Gasteiger partial charge in [0.1, 0.15) is 12.2 Å². The van der Waals surface area contributed by atoms with Gasteiger partial charge in [0.2, 0.25) is 0 Å². The van der Waals surface area contributed by atoms with Crippen molar-refractivity contribution in [3.8, 4) is 0 Å². The number of benzene rings is 1. The highest BCUT2D eigenvalue weighted by Crippen LogP contribution is 2.22. The van der Waals surface area contributed by atoms with Crippen LogP contribution in [-0.4, -0.2) is 42.1 Å². The maximum Gasteiger partial charge on any atom is 0.410 e. The molecule has 1 amide bonds. The van der Waals surface area contributed by atoms with Gasteiger partial charge in [0, 0.05) is 12.6 Å². The summed E-state index contributed by atoms with van der Waals surface area (Å²) >= 11 is 0. The summed E-state index contributed by atoms with van der Waals surface area (Å²) in [6.45, 7) is 0.986. The van der Waals surface area contributed by atoms with Gasteiger partial charge in [-0.15, -0.1) is 0 Å². The fraction of sp³-hybridized carbons (Fsp3) is 0.333. The standard InChI is InChI=1S/C12H12N2O6/c1-19-11(15)9-6-8(2-3-10(9)14(17)18)7-13-4-5-20-12(13)16/h2-3,6H,4-5,7H2,1H3. The van der Waals surface area contributed by atoms with E-state index in [9.17, 15) is 19.7 Å². The summed E-state index contributed by atoms with van der Waals surface area (Å²) in [6.07, 6.45) is -0.442. The van der Waals surface area contributed by atoms with Crippen molar-refractivity contribution in [1.82, 2.24) is 4.90 Å². The Hall–Kier alpha value is -2.64. The Morgan fingerprint density at radius 2 is 2.30 bits per heavy atom. The number of carbonyl (C=O) groups is 2. The van der Waals surface area contributed by atoms with E-state index in [0.717, 1.165) is 7.11 Å². The lowest BCUT2D eigenvalue weighted by Gasteiger charge is -2.13. The molecule has 1 aliphatic heterocycles. The molecule has 8 heteroatoms. The minimum absolute atomic E-state index is 0.137. The molecule has 0 atom stereocenters. The van der Waals surface area contributed by atoms with Gasteiger partial charge in [-0.1, -0.05) is 6.07 Å². The number of hydrogen-bond acceptors (Lipinski definition) is 6. The summed E-state index contributed by atoms with van der Waals surface area (Å²) < 4.78 is 9.31. The second-order valence-electron chi connectivity index (χ2n) is 4.14. The zero-order chi connectivity index (χ0) is 14.7. The number of carbonyl (C=O) groups excluding carboxylic acids is 2. The summed E-state index contributed by atoms with van der Waals surface area (Å²) in [7, 11) is 1.15. The number of amides is 1. The Bertz CT molecular complexity index is 571. The van der Waals surface area contributed by atoms with Crippen LogP contribution in [0.1, 0.15) is 15.9 Å². The van der Waals surface area contributed by atoms with Crippen LogP contribution in [0.15, 0.2) is 18.2 Å². The smallest absolute Gasteiger partial charge is 0.410 e. The van der Waals surface area contributed by atoms with Gasteiger partial charge in [0.25, 0.3) is 5.69 Å². The Labute approximate surface area is 114 Å². The maximum absolute atomic E-state index is 11.6. The largest absolute Gasteiger partial charge is 0.465 e. The third-order valence-electron chi connectivity index (χ3n) is 2.88. The second-order valence-corrected chi connectivity index (χ2v) is 4.14. The second kappa shape index (κ2) is 5.55. The first kappa shape index (κ1) is 13.8. The molecule has 0 aromatic heterocycles. The van der Waals surface area contributed by atoms with Gasteiger partial charge in [-0.05, 0) is 11.6 Å². The molecule has 0 aliphatic carbocycles. The molecular formula is C12H12N2O6. The third-order valence-corrected chi connectivity index (χ3v) is 2.88. The molecule has 0 N–H and O–H groups in total. The van der Waals surface area contributed by atoms with E-state index in [1.165, 1.54) is 23.1 Å². The summed E-state index contributed by atoms with van der Waals surface area (Å²) in [5.74, 6) is -0.789. The van der Waals surface area contributed by atoms with Crippen molar-refractivity contribution in [3.63, 3.8) is 0 Å². The number of methoxy groups -OCH3 is 1. The van der Waals surface area contributed by atoms with Crippen LogP contribution in [0.3, 0.4) is 0 Å². The maximum atomic E-state index is 11.6. The molecule has 2 rings (SSSR count). The predicted octanol–water partition coefficient (Wildman–Crippen LogP) is 1.33. The van der Waals surface area contributed by atoms with Crippen molar-refractivity contribution in [2.24, 2.45) is 0 Å². The topological polar surface area (TPSA) is 99.0 Å². The molecule has 0 unspecified atom stereocenters. The third kappa shape index (κ3) is 2.68. The SMILES string of the molecule is COC(=O)c1cc(CN2CCOC2=O)ccc1[N+](=O)[O-]. The first-order valence-corrected chi connectivity index (χ1v) is 5.80. The van der Waals surface area contributed by atoms with Gasteiger partial charge in [0.15, 0.2) is 0 Å². The number of rotatable bonds is 4. The number of nitrogens with zero attached hydrogens (tertiary/aromatic N) is 2. The molecule has 0 bridgehead atoms. The van der Waals surface area contributed by atoms with Crippen LogP contribution in [0.25, 0.3) is 0 Å². The predicted molar refractivity (Wildman–Crippen MR) is 66.2 cm³/mol. The number of nitro groups is 1. The first-order chi connectivity index (χ1) is 9.52. The molecule has 106 valence electrons. The van der Waals surface area contributed by atoms with Crippen LogP contribution in [0.4, 0.5) is 10.5 Å². The zero-order valence-corrected chi connectivity index (χ0v) is 10.7. The zero-order valence-electron chi connectivity index (χ0n) is 10.7. The van der Waals surface area contributed by atoms with E-state index in [1.807, 2.05) is 0 Å². The van der Waals surface area contributed by atoms with E-state index in [1.54, 1.807) is 0 Å². The molecule has 1 aromatic carbocycles. The number of hydrogen-bond donors (Lipinski definition) is 0. The van der Waals surface area contributed by atoms with Gasteiger partial charge < -0.3 is 14.4 Å². The quantitative estimate of drug-likeness (QED) is 0.468. The van der Waals surface area contributed by atoms with Crippen LogP contribution in [-0.2, 0) is 16.0 Å². The van der Waals surface area contributed by atoms with Gasteiger partial charge in [-0.2, -0.15) is 0 Å². The van der Waals surface area contributed by atoms with Gasteiger partial charge in [-0.3, -0.25) is 10.1 Å². The van der Waals surface area contributed by atoms with Crippen LogP contribution >= 0.6 is 0 Å². The van der Waals surface area contributed by atoms with Crippen molar-refractivity contribution >= 4 is 17.7 Å². The minimum atomic E-state index is -0.789. The van der Waals surface area contributed by atoms with Gasteiger partial charge in [0.05, 0.1) is 18.6 Å². The van der Waals surface area contributed by atoms with Crippen molar-refractivity contribution in [2.75, 3.05) is 20.3 Å².